The van der Waals surface area contributed by atoms with Crippen LogP contribution in [0.25, 0.3) is 0 Å². The maximum Gasteiger partial charge on any atom is 0.297 e. The molecule has 7 N–H and O–H groups in total. The van der Waals surface area contributed by atoms with Crippen LogP contribution in [0.3, 0.4) is 0 Å². The molecule has 9 nitrogen and oxygen atoms in total. The summed E-state index contributed by atoms with van der Waals surface area (Å²) < 4.78 is 0.363. The number of aliphatic hydroxyl groups excluding tert-OH is 4. The van der Waals surface area contributed by atoms with Crippen LogP contribution in [0.2, 0.25) is 0 Å². The van der Waals surface area contributed by atoms with Crippen molar-refractivity contribution < 1.29 is 20.4 Å². The zero-order valence-corrected chi connectivity index (χ0v) is 9.33. The molecule has 0 saturated heterocycles. The molecule has 0 fully saturated rings. The largest absolute Gasteiger partial charge is 0.394 e. The number of nitrogens with zero attached hydrogens (tertiary/aromatic N) is 2. The fourth-order valence-electron chi connectivity index (χ4n) is 1.10. The molecule has 0 aliphatic carbocycles. The summed E-state index contributed by atoms with van der Waals surface area (Å²) in [6.07, 6.45) is -5.18. The number of nitrogen functional groups attached to an aromatic ring is 1. The van der Waals surface area contributed by atoms with Gasteiger partial charge in [0, 0.05) is 0 Å². The molecular formula is C7H12N4O5S. The molecule has 17 heavy (non-hydrogen) atoms. The monoisotopic (exact) mass is 264 g/mol. The fraction of sp³-hybridized carbons (Fsp3) is 0.571. The summed E-state index contributed by atoms with van der Waals surface area (Å²) in [5.74, 6) is 5.25. The SMILES string of the molecule is Nn1c(=S)[nH]nc([C@@H](O)[C@H](O)[C@H](O)CO)c1=O. The molecule has 96 valence electrons. The van der Waals surface area contributed by atoms with E-state index in [9.17, 15) is 15.0 Å². The molecule has 0 aliphatic rings. The molecule has 1 aromatic rings. The molecule has 3 atom stereocenters. The first-order valence-corrected chi connectivity index (χ1v) is 4.92. The van der Waals surface area contributed by atoms with Crippen molar-refractivity contribution in [2.75, 3.05) is 12.4 Å². The smallest absolute Gasteiger partial charge is 0.297 e. The molecule has 1 rings (SSSR count). The van der Waals surface area contributed by atoms with E-state index in [1.807, 2.05) is 0 Å². The molecule has 0 aliphatic heterocycles. The van der Waals surface area contributed by atoms with Crippen molar-refractivity contribution in [3.63, 3.8) is 0 Å². The summed E-state index contributed by atoms with van der Waals surface area (Å²) in [5.41, 5.74) is -1.42. The number of hydrogen-bond donors (Lipinski definition) is 6. The summed E-state index contributed by atoms with van der Waals surface area (Å²) in [4.78, 5) is 11.5. The van der Waals surface area contributed by atoms with Crippen molar-refractivity contribution >= 4 is 12.2 Å². The number of nitrogens with two attached hydrogens (primary N) is 1. The molecule has 1 heterocycles. The molecule has 1 aromatic heterocycles. The highest BCUT2D eigenvalue weighted by atomic mass is 32.1. The predicted molar refractivity (Wildman–Crippen MR) is 57.9 cm³/mol. The highest BCUT2D eigenvalue weighted by molar-refractivity contribution is 7.71. The van der Waals surface area contributed by atoms with Gasteiger partial charge in [-0.15, -0.1) is 0 Å². The number of rotatable bonds is 4. The molecule has 0 saturated carbocycles. The van der Waals surface area contributed by atoms with Crippen molar-refractivity contribution in [3.05, 3.63) is 20.8 Å². The van der Waals surface area contributed by atoms with Crippen LogP contribution < -0.4 is 11.4 Å². The Morgan fingerprint density at radius 1 is 1.47 bits per heavy atom. The van der Waals surface area contributed by atoms with E-state index in [1.54, 1.807) is 0 Å². The van der Waals surface area contributed by atoms with Gasteiger partial charge in [0.15, 0.2) is 5.69 Å². The lowest BCUT2D eigenvalue weighted by molar-refractivity contribution is -0.0797. The van der Waals surface area contributed by atoms with Crippen molar-refractivity contribution in [2.24, 2.45) is 0 Å². The first-order valence-electron chi connectivity index (χ1n) is 4.52. The number of nitrogens with one attached hydrogen (secondary N) is 1. The third-order valence-electron chi connectivity index (χ3n) is 2.11. The van der Waals surface area contributed by atoms with Crippen LogP contribution in [0.15, 0.2) is 4.79 Å². The van der Waals surface area contributed by atoms with Crippen LogP contribution in [-0.4, -0.2) is 54.1 Å². The van der Waals surface area contributed by atoms with Gasteiger partial charge in [-0.3, -0.25) is 9.89 Å². The van der Waals surface area contributed by atoms with Crippen LogP contribution in [-0.2, 0) is 0 Å². The van der Waals surface area contributed by atoms with E-state index < -0.39 is 36.2 Å². The summed E-state index contributed by atoms with van der Waals surface area (Å²) >= 11 is 4.61. The fourth-order valence-corrected chi connectivity index (χ4v) is 1.23. The number of aromatic amines is 1. The van der Waals surface area contributed by atoms with Crippen LogP contribution in [0.5, 0.6) is 0 Å². The Balaban J connectivity index is 3.14. The molecule has 0 radical (unpaired) electrons. The minimum absolute atomic E-state index is 0.164. The average Bonchev–Trinajstić information content (AvgIpc) is 2.33. The summed E-state index contributed by atoms with van der Waals surface area (Å²) in [7, 11) is 0. The van der Waals surface area contributed by atoms with Crippen molar-refractivity contribution in [1.29, 1.82) is 0 Å². The molecule has 0 amide bonds. The normalized spacial score (nSPS) is 16.5. The lowest BCUT2D eigenvalue weighted by Gasteiger charge is -2.20. The van der Waals surface area contributed by atoms with E-state index >= 15 is 0 Å². The van der Waals surface area contributed by atoms with Gasteiger partial charge in [-0.1, -0.05) is 0 Å². The highest BCUT2D eigenvalue weighted by Crippen LogP contribution is 2.13. The molecule has 0 aromatic carbocycles. The van der Waals surface area contributed by atoms with Gasteiger partial charge < -0.3 is 26.3 Å². The second kappa shape index (κ2) is 5.33. The Labute approximate surface area is 99.7 Å². The highest BCUT2D eigenvalue weighted by Gasteiger charge is 2.29. The molecule has 10 heteroatoms. The van der Waals surface area contributed by atoms with Gasteiger partial charge in [-0.25, -0.2) is 0 Å². The zero-order valence-electron chi connectivity index (χ0n) is 8.52. The number of hydrogen-bond acceptors (Lipinski definition) is 8. The third-order valence-corrected chi connectivity index (χ3v) is 2.40. The van der Waals surface area contributed by atoms with Crippen molar-refractivity contribution in [3.8, 4) is 0 Å². The minimum Gasteiger partial charge on any atom is -0.394 e. The maximum absolute atomic E-state index is 11.5. The Bertz CT molecular complexity index is 500. The van der Waals surface area contributed by atoms with E-state index in [2.05, 4.69) is 22.4 Å². The van der Waals surface area contributed by atoms with E-state index in [1.165, 1.54) is 0 Å². The Kier molecular flexibility index (Phi) is 4.31. The lowest BCUT2D eigenvalue weighted by atomic mass is 10.1. The minimum atomic E-state index is -1.80. The zero-order chi connectivity index (χ0) is 13.2. The summed E-state index contributed by atoms with van der Waals surface area (Å²) in [6, 6.07) is 0. The first kappa shape index (κ1) is 13.7. The average molecular weight is 264 g/mol. The van der Waals surface area contributed by atoms with Gasteiger partial charge in [-0.05, 0) is 12.2 Å². The second-order valence-electron chi connectivity index (χ2n) is 3.27. The quantitative estimate of drug-likeness (QED) is 0.244. The van der Waals surface area contributed by atoms with Crippen LogP contribution in [0, 0.1) is 4.77 Å². The number of H-pyrrole nitrogens is 1. The van der Waals surface area contributed by atoms with Gasteiger partial charge in [-0.2, -0.15) is 9.77 Å². The van der Waals surface area contributed by atoms with E-state index in [0.717, 1.165) is 0 Å². The Morgan fingerprint density at radius 2 is 2.06 bits per heavy atom. The molecule has 0 spiro atoms. The van der Waals surface area contributed by atoms with Crippen LogP contribution in [0.1, 0.15) is 11.8 Å². The number of aliphatic hydroxyl groups is 4. The Hall–Kier alpha value is -1.33. The predicted octanol–water partition coefficient (Wildman–Crippen LogP) is -3.24. The molecule has 0 unspecified atom stereocenters. The van der Waals surface area contributed by atoms with Gasteiger partial charge in [0.1, 0.15) is 18.3 Å². The van der Waals surface area contributed by atoms with Gasteiger partial charge in [0.2, 0.25) is 4.77 Å². The van der Waals surface area contributed by atoms with E-state index in [4.69, 9.17) is 16.1 Å². The van der Waals surface area contributed by atoms with Crippen molar-refractivity contribution in [1.82, 2.24) is 14.9 Å². The molecular weight excluding hydrogens is 252 g/mol. The van der Waals surface area contributed by atoms with Gasteiger partial charge >= 0.3 is 0 Å². The van der Waals surface area contributed by atoms with Gasteiger partial charge in [0.05, 0.1) is 6.61 Å². The third kappa shape index (κ3) is 2.68. The second-order valence-corrected chi connectivity index (χ2v) is 3.66. The topological polar surface area (TPSA) is 158 Å². The van der Waals surface area contributed by atoms with Crippen LogP contribution >= 0.6 is 12.2 Å². The standard InChI is InChI=1S/C7H12N4O5S/c8-11-6(16)3(9-10-7(11)17)5(15)4(14)2(13)1-12/h2,4-5,12-15H,1,8H2,(H,10,17)/t2-,4-,5-/m1/s1. The lowest BCUT2D eigenvalue weighted by Crippen LogP contribution is -2.40. The number of aromatic nitrogens is 3. The van der Waals surface area contributed by atoms with Crippen molar-refractivity contribution in [2.45, 2.75) is 18.3 Å². The summed E-state index contributed by atoms with van der Waals surface area (Å²) in [5, 5.41) is 42.3. The van der Waals surface area contributed by atoms with Crippen LogP contribution in [0.4, 0.5) is 0 Å². The van der Waals surface area contributed by atoms with Gasteiger partial charge in [0.25, 0.3) is 5.56 Å². The Morgan fingerprint density at radius 3 is 2.59 bits per heavy atom. The first-order chi connectivity index (χ1) is 7.90. The maximum atomic E-state index is 11.5. The molecule has 0 bridgehead atoms. The summed E-state index contributed by atoms with van der Waals surface area (Å²) in [6.45, 7) is -0.780. The van der Waals surface area contributed by atoms with E-state index in [-0.39, 0.29) is 4.77 Å². The van der Waals surface area contributed by atoms with E-state index in [0.29, 0.717) is 4.68 Å².